The van der Waals surface area contributed by atoms with Crippen LogP contribution < -0.4 is 0 Å². The first kappa shape index (κ1) is 29.2. The lowest BCUT2D eigenvalue weighted by Crippen LogP contribution is -2.09. The Hall–Kier alpha value is -6.92. The maximum Gasteiger partial charge on any atom is 0.251 e. The molecule has 3 aliphatic rings. The Bertz CT molecular complexity index is 2420. The van der Waals surface area contributed by atoms with E-state index in [1.165, 1.54) is 0 Å². The minimum atomic E-state index is -0.620. The molecule has 0 aliphatic carbocycles. The van der Waals surface area contributed by atoms with E-state index >= 15 is 0 Å². The van der Waals surface area contributed by atoms with Crippen LogP contribution in [0.15, 0.2) is 133 Å². The lowest BCUT2D eigenvalue weighted by atomic mass is 9.98. The third-order valence-electron chi connectivity index (χ3n) is 9.19. The zero-order chi connectivity index (χ0) is 33.6. The Morgan fingerprint density at radius 3 is 0.980 bits per heavy atom. The van der Waals surface area contributed by atoms with Crippen LogP contribution in [0.5, 0.6) is 0 Å². The fourth-order valence-electron chi connectivity index (χ4n) is 6.93. The van der Waals surface area contributed by atoms with Gasteiger partial charge in [0.05, 0.1) is 22.8 Å². The lowest BCUT2D eigenvalue weighted by Gasteiger charge is -2.07. The number of rotatable bonds is 4. The van der Waals surface area contributed by atoms with Crippen LogP contribution in [-0.4, -0.2) is 31.5 Å². The van der Waals surface area contributed by atoms with Gasteiger partial charge in [0, 0.05) is 33.3 Å². The van der Waals surface area contributed by atoms with Crippen molar-refractivity contribution in [2.45, 2.75) is 0 Å². The second-order valence-corrected chi connectivity index (χ2v) is 12.2. The van der Waals surface area contributed by atoms with Crippen molar-refractivity contribution in [3.05, 3.63) is 168 Å². The van der Waals surface area contributed by atoms with Crippen LogP contribution in [0.25, 0.3) is 79.8 Å². The average molecular weight is 645 g/mol. The second-order valence-electron chi connectivity index (χ2n) is 12.2. The number of ketones is 2. The molecular formula is C44H28N4O2. The number of aromatic nitrogens is 4. The summed E-state index contributed by atoms with van der Waals surface area (Å²) in [4.78, 5) is 45.6. The highest BCUT2D eigenvalue weighted by molar-refractivity contribution is 6.52. The molecule has 8 bridgehead atoms. The third kappa shape index (κ3) is 4.90. The van der Waals surface area contributed by atoms with Crippen LogP contribution >= 0.6 is 0 Å². The molecule has 6 heteroatoms. The number of carbonyl (C=O) groups is 2. The number of hydrogen-bond acceptors (Lipinski definition) is 4. The van der Waals surface area contributed by atoms with Crippen molar-refractivity contribution in [3.63, 3.8) is 0 Å². The highest BCUT2D eigenvalue weighted by Gasteiger charge is 2.33. The van der Waals surface area contributed by atoms with Crippen LogP contribution in [0.1, 0.15) is 43.8 Å². The first-order chi connectivity index (χ1) is 24.6. The fourth-order valence-corrected chi connectivity index (χ4v) is 6.93. The van der Waals surface area contributed by atoms with Gasteiger partial charge in [-0.3, -0.25) is 9.59 Å². The highest BCUT2D eigenvalue weighted by atomic mass is 16.2. The van der Waals surface area contributed by atoms with Gasteiger partial charge in [-0.15, -0.1) is 0 Å². The topological polar surface area (TPSA) is 91.5 Å². The second kappa shape index (κ2) is 12.0. The van der Waals surface area contributed by atoms with E-state index in [-0.39, 0.29) is 11.4 Å². The van der Waals surface area contributed by atoms with Crippen LogP contribution in [0.4, 0.5) is 0 Å². The highest BCUT2D eigenvalue weighted by Crippen LogP contribution is 2.38. The average Bonchev–Trinajstić information content (AvgIpc) is 3.99. The summed E-state index contributed by atoms with van der Waals surface area (Å²) < 4.78 is 0. The molecule has 3 aliphatic heterocycles. The van der Waals surface area contributed by atoms with Crippen molar-refractivity contribution < 1.29 is 9.59 Å². The molecule has 6 aromatic rings. The zero-order valence-electron chi connectivity index (χ0n) is 26.7. The van der Waals surface area contributed by atoms with E-state index in [4.69, 9.17) is 9.97 Å². The monoisotopic (exact) mass is 644 g/mol. The molecule has 0 atom stereocenters. The van der Waals surface area contributed by atoms with Crippen molar-refractivity contribution in [1.29, 1.82) is 0 Å². The molecule has 6 nitrogen and oxygen atoms in total. The number of H-pyrrole nitrogens is 2. The van der Waals surface area contributed by atoms with E-state index in [2.05, 4.69) is 46.4 Å². The molecule has 0 saturated heterocycles. The van der Waals surface area contributed by atoms with E-state index in [0.29, 0.717) is 22.5 Å². The van der Waals surface area contributed by atoms with E-state index in [9.17, 15) is 9.59 Å². The van der Waals surface area contributed by atoms with Gasteiger partial charge in [0.2, 0.25) is 0 Å². The number of nitrogens with one attached hydrogen (secondary N) is 2. The van der Waals surface area contributed by atoms with Crippen LogP contribution in [-0.2, 0) is 0 Å². The third-order valence-corrected chi connectivity index (χ3v) is 9.19. The van der Waals surface area contributed by atoms with Gasteiger partial charge < -0.3 is 9.97 Å². The predicted molar refractivity (Wildman–Crippen MR) is 201 cm³/mol. The molecule has 0 saturated carbocycles. The minimum absolute atomic E-state index is 0.188. The summed E-state index contributed by atoms with van der Waals surface area (Å²) >= 11 is 0. The molecule has 4 aromatic carbocycles. The van der Waals surface area contributed by atoms with Crippen LogP contribution in [0.2, 0.25) is 0 Å². The number of benzene rings is 4. The molecule has 50 heavy (non-hydrogen) atoms. The van der Waals surface area contributed by atoms with Crippen molar-refractivity contribution in [1.82, 2.24) is 19.9 Å². The first-order valence-electron chi connectivity index (χ1n) is 16.4. The molecule has 5 heterocycles. The molecular weight excluding hydrogens is 617 g/mol. The summed E-state index contributed by atoms with van der Waals surface area (Å²) in [5.41, 5.74) is 11.2. The number of hydrogen-bond donors (Lipinski definition) is 2. The summed E-state index contributed by atoms with van der Waals surface area (Å²) in [5, 5.41) is 0. The van der Waals surface area contributed by atoms with Gasteiger partial charge in [-0.2, -0.15) is 0 Å². The smallest absolute Gasteiger partial charge is 0.251 e. The van der Waals surface area contributed by atoms with Gasteiger partial charge in [0.25, 0.3) is 11.6 Å². The van der Waals surface area contributed by atoms with Crippen LogP contribution in [0.3, 0.4) is 0 Å². The Morgan fingerprint density at radius 1 is 0.340 bits per heavy atom. The van der Waals surface area contributed by atoms with E-state index in [0.717, 1.165) is 55.8 Å². The Morgan fingerprint density at radius 2 is 0.640 bits per heavy atom. The molecule has 2 aromatic heterocycles. The molecule has 0 fully saturated rings. The first-order valence-corrected chi connectivity index (χ1v) is 16.4. The SMILES string of the molecule is O=C1C(=O)c2[nH]c1c(-c1ccccc1)c1nc(c(-c3ccccc3)c3ccc([nH]3)c(-c3ccccc3)c3nc(c2-c2ccccc2)C=C3)C=C1. The van der Waals surface area contributed by atoms with Crippen LogP contribution in [0, 0.1) is 0 Å². The maximum atomic E-state index is 14.1. The summed E-state index contributed by atoms with van der Waals surface area (Å²) in [5.74, 6) is -1.24. The number of Topliss-reactive ketones (excluding diaryl/α,β-unsaturated/α-hetero) is 2. The molecule has 0 spiro atoms. The van der Waals surface area contributed by atoms with Crippen molar-refractivity contribution in [2.75, 3.05) is 0 Å². The number of carbonyl (C=O) groups excluding carboxylic acids is 2. The minimum Gasteiger partial charge on any atom is -0.354 e. The largest absolute Gasteiger partial charge is 0.354 e. The molecule has 0 amide bonds. The summed E-state index contributed by atoms with van der Waals surface area (Å²) in [6.07, 6.45) is 7.78. The Labute approximate surface area is 287 Å². The summed E-state index contributed by atoms with van der Waals surface area (Å²) in [6.45, 7) is 0. The molecule has 0 unspecified atom stereocenters. The van der Waals surface area contributed by atoms with Gasteiger partial charge in [-0.1, -0.05) is 121 Å². The van der Waals surface area contributed by atoms with Gasteiger partial charge in [-0.25, -0.2) is 9.97 Å². The standard InChI is InChI=1S/C44H28N4O2/c49-43-41-39(29-17-9-3-10-18-29)35-25-23-33(46-35)37(27-13-5-1-6-14-27)31-21-22-32(45-31)38(28-15-7-2-8-16-28)34-24-26-36(47-34)40(42(48-41)44(43)50)30-19-11-4-12-20-30/h1-26,45,48H. The zero-order valence-corrected chi connectivity index (χ0v) is 26.7. The van der Waals surface area contributed by atoms with Gasteiger partial charge in [-0.05, 0) is 58.7 Å². The summed E-state index contributed by atoms with van der Waals surface area (Å²) in [6, 6.07) is 43.7. The predicted octanol–water partition coefficient (Wildman–Crippen LogP) is 10.1. The molecule has 9 rings (SSSR count). The Kier molecular flexibility index (Phi) is 6.99. The van der Waals surface area contributed by atoms with Crippen molar-refractivity contribution in [2.24, 2.45) is 0 Å². The van der Waals surface area contributed by atoms with Gasteiger partial charge >= 0.3 is 0 Å². The van der Waals surface area contributed by atoms with E-state index in [1.807, 2.05) is 121 Å². The number of aromatic amines is 2. The fraction of sp³-hybridized carbons (Fsp3) is 0. The normalized spacial score (nSPS) is 12.7. The lowest BCUT2D eigenvalue weighted by molar-refractivity contribution is 0.0826. The molecule has 236 valence electrons. The van der Waals surface area contributed by atoms with E-state index in [1.54, 1.807) is 0 Å². The Balaban J connectivity index is 1.51. The summed E-state index contributed by atoms with van der Waals surface area (Å²) in [7, 11) is 0. The quantitative estimate of drug-likeness (QED) is 0.187. The van der Waals surface area contributed by atoms with Crippen molar-refractivity contribution in [3.8, 4) is 44.5 Å². The number of fused-ring (bicyclic) bond motifs is 8. The van der Waals surface area contributed by atoms with Crippen molar-refractivity contribution >= 4 is 46.9 Å². The number of nitrogens with zero attached hydrogens (tertiary/aromatic N) is 2. The maximum absolute atomic E-state index is 14.1. The van der Waals surface area contributed by atoms with Gasteiger partial charge in [0.1, 0.15) is 11.4 Å². The van der Waals surface area contributed by atoms with E-state index < -0.39 is 11.6 Å². The van der Waals surface area contributed by atoms with Gasteiger partial charge in [0.15, 0.2) is 0 Å². The molecule has 0 radical (unpaired) electrons. The molecule has 2 N–H and O–H groups in total.